The minimum atomic E-state index is -4.71. The van der Waals surface area contributed by atoms with Gasteiger partial charge in [0.05, 0.1) is 24.2 Å². The number of para-hydroxylation sites is 1. The van der Waals surface area contributed by atoms with Gasteiger partial charge in [0.25, 0.3) is 0 Å². The van der Waals surface area contributed by atoms with E-state index in [0.717, 1.165) is 6.07 Å². The summed E-state index contributed by atoms with van der Waals surface area (Å²) in [6.07, 6.45) is -2.50. The van der Waals surface area contributed by atoms with Crippen molar-refractivity contribution < 1.29 is 36.9 Å². The molecule has 0 spiro atoms. The number of aliphatic carboxylic acids is 1. The van der Waals surface area contributed by atoms with E-state index in [1.165, 1.54) is 22.5 Å². The molecule has 218 valence electrons. The molecule has 1 aromatic heterocycles. The third-order valence-electron chi connectivity index (χ3n) is 6.99. The topological polar surface area (TPSA) is 121 Å². The number of carbonyl (C=O) groups is 1. The zero-order valence-corrected chi connectivity index (χ0v) is 23.0. The van der Waals surface area contributed by atoms with E-state index in [2.05, 4.69) is 10.3 Å². The maximum atomic E-state index is 14.1. The second-order valence-electron chi connectivity index (χ2n) is 9.75. The third-order valence-corrected chi connectivity index (χ3v) is 8.92. The summed E-state index contributed by atoms with van der Waals surface area (Å²) in [5.41, 5.74) is -0.0140. The molecule has 0 radical (unpaired) electrons. The van der Waals surface area contributed by atoms with Crippen molar-refractivity contribution in [1.29, 1.82) is 0 Å². The smallest absolute Gasteiger partial charge is 0.416 e. The van der Waals surface area contributed by atoms with Crippen molar-refractivity contribution in [2.24, 2.45) is 0 Å². The van der Waals surface area contributed by atoms with Crippen molar-refractivity contribution in [3.63, 3.8) is 0 Å². The average molecular weight is 583 g/mol. The summed E-state index contributed by atoms with van der Waals surface area (Å²) in [6, 6.07) is 9.98. The molecule has 40 heavy (non-hydrogen) atoms. The van der Waals surface area contributed by atoms with E-state index in [-0.39, 0.29) is 29.2 Å². The summed E-state index contributed by atoms with van der Waals surface area (Å²) in [6.45, 7) is 3.94. The van der Waals surface area contributed by atoms with Crippen LogP contribution in [-0.4, -0.2) is 52.1 Å². The number of aryl methyl sites for hydroxylation is 2. The van der Waals surface area contributed by atoms with Crippen LogP contribution in [0.4, 0.5) is 13.2 Å². The molecule has 2 heterocycles. The Kier molecular flexibility index (Phi) is 9.08. The summed E-state index contributed by atoms with van der Waals surface area (Å²) in [5, 5.41) is 17.6. The number of carboxylic acids is 1. The van der Waals surface area contributed by atoms with Gasteiger partial charge in [-0.25, -0.2) is 0 Å². The van der Waals surface area contributed by atoms with Crippen molar-refractivity contribution in [2.45, 2.75) is 75.7 Å². The highest BCUT2D eigenvalue weighted by Crippen LogP contribution is 2.57. The minimum Gasteiger partial charge on any atom is -0.487 e. The van der Waals surface area contributed by atoms with Gasteiger partial charge in [-0.1, -0.05) is 36.4 Å². The van der Waals surface area contributed by atoms with Gasteiger partial charge in [-0.2, -0.15) is 17.5 Å². The van der Waals surface area contributed by atoms with Crippen LogP contribution < -0.4 is 4.74 Å². The molecule has 0 saturated carbocycles. The van der Waals surface area contributed by atoms with Gasteiger partial charge in [0.1, 0.15) is 16.7 Å². The maximum Gasteiger partial charge on any atom is 0.416 e. The van der Waals surface area contributed by atoms with E-state index in [0.29, 0.717) is 37.1 Å². The predicted molar refractivity (Wildman–Crippen MR) is 143 cm³/mol. The number of halogens is 3. The van der Waals surface area contributed by atoms with Crippen LogP contribution in [0, 0.1) is 0 Å². The number of hydrogen-bond acceptors (Lipinski definition) is 7. The molecular formula is C27H33F3N4O5S. The molecule has 2 aromatic carbocycles. The zero-order chi connectivity index (χ0) is 29.1. The lowest BCUT2D eigenvalue weighted by Crippen LogP contribution is -2.35. The molecule has 0 bridgehead atoms. The maximum absolute atomic E-state index is 14.1. The van der Waals surface area contributed by atoms with Crippen LogP contribution in [0.1, 0.15) is 61.4 Å². The largest absolute Gasteiger partial charge is 0.487 e. The number of carboxylic acid groups (broad SMARTS) is 1. The number of fused-ring (bicyclic) bond motifs is 1. The molecule has 9 nitrogen and oxygen atoms in total. The fourth-order valence-corrected chi connectivity index (χ4v) is 6.44. The van der Waals surface area contributed by atoms with Crippen molar-refractivity contribution in [3.05, 3.63) is 71.0 Å². The number of alkyl halides is 3. The van der Waals surface area contributed by atoms with Crippen molar-refractivity contribution >= 4 is 16.7 Å². The number of hydrogen-bond donors (Lipinski definition) is 3. The van der Waals surface area contributed by atoms with Gasteiger partial charge in [0.2, 0.25) is 0 Å². The number of ether oxygens (including phenoxy) is 1. The van der Waals surface area contributed by atoms with Gasteiger partial charge in [-0.05, 0) is 61.4 Å². The lowest BCUT2D eigenvalue weighted by molar-refractivity contribution is -0.139. The summed E-state index contributed by atoms with van der Waals surface area (Å²) in [5.74, 6) is -1.39. The Bertz CT molecular complexity index is 1330. The summed E-state index contributed by atoms with van der Waals surface area (Å²) in [4.78, 5) is 11.8. The van der Waals surface area contributed by atoms with Crippen LogP contribution in [0.25, 0.3) is 0 Å². The molecular weight excluding hydrogens is 549 g/mol. The van der Waals surface area contributed by atoms with Gasteiger partial charge >= 0.3 is 12.1 Å². The Hall–Kier alpha value is -3.13. The molecule has 0 saturated heterocycles. The van der Waals surface area contributed by atoms with Gasteiger partial charge in [0, 0.05) is 19.3 Å². The lowest BCUT2D eigenvalue weighted by atomic mass is 9.88. The molecule has 3 N–H and O–H groups in total. The van der Waals surface area contributed by atoms with Gasteiger partial charge < -0.3 is 9.84 Å². The Morgan fingerprint density at radius 1 is 1.20 bits per heavy atom. The highest BCUT2D eigenvalue weighted by molar-refractivity contribution is 8.22. The lowest BCUT2D eigenvalue weighted by Gasteiger charge is -2.42. The molecule has 1 aliphatic heterocycles. The number of rotatable bonds is 10. The van der Waals surface area contributed by atoms with Crippen molar-refractivity contribution in [1.82, 2.24) is 19.3 Å². The molecule has 2 atom stereocenters. The third kappa shape index (κ3) is 6.77. The van der Waals surface area contributed by atoms with Crippen LogP contribution in [0.15, 0.2) is 53.6 Å². The molecule has 0 amide bonds. The highest BCUT2D eigenvalue weighted by Gasteiger charge is 2.38. The first-order valence-corrected chi connectivity index (χ1v) is 14.5. The van der Waals surface area contributed by atoms with E-state index in [4.69, 9.17) is 4.74 Å². The Labute approximate surface area is 232 Å². The van der Waals surface area contributed by atoms with E-state index in [1.807, 2.05) is 13.8 Å². The molecule has 2 unspecified atom stereocenters. The first kappa shape index (κ1) is 29.8. The van der Waals surface area contributed by atoms with Crippen LogP contribution in [0.5, 0.6) is 5.75 Å². The van der Waals surface area contributed by atoms with Gasteiger partial charge in [-0.15, -0.1) is 15.9 Å². The molecule has 0 fully saturated rings. The first-order valence-electron chi connectivity index (χ1n) is 13.0. The zero-order valence-electron chi connectivity index (χ0n) is 22.2. The van der Waals surface area contributed by atoms with Crippen LogP contribution in [0.3, 0.4) is 0 Å². The van der Waals surface area contributed by atoms with E-state index >= 15 is 0 Å². The second-order valence-corrected chi connectivity index (χ2v) is 11.7. The quantitative estimate of drug-likeness (QED) is 0.258. The fraction of sp³-hybridized carbons (Fsp3) is 0.444. The normalized spacial score (nSPS) is 18.8. The highest BCUT2D eigenvalue weighted by atomic mass is 32.3. The molecule has 3 aromatic rings. The van der Waals surface area contributed by atoms with Crippen LogP contribution in [-0.2, 0) is 30.5 Å². The number of nitrogens with zero attached hydrogens (tertiary/aromatic N) is 4. The molecule has 0 aliphatic carbocycles. The van der Waals surface area contributed by atoms with Crippen molar-refractivity contribution in [2.75, 3.05) is 6.54 Å². The van der Waals surface area contributed by atoms with E-state index in [1.54, 1.807) is 29.1 Å². The van der Waals surface area contributed by atoms with Gasteiger partial charge in [-0.3, -0.25) is 18.6 Å². The second kappa shape index (κ2) is 12.2. The molecule has 1 aliphatic rings. The number of aromatic nitrogens is 3. The van der Waals surface area contributed by atoms with Crippen LogP contribution in [0.2, 0.25) is 0 Å². The Balaban J connectivity index is 1.70. The number of benzene rings is 2. The Morgan fingerprint density at radius 2 is 1.95 bits per heavy atom. The summed E-state index contributed by atoms with van der Waals surface area (Å²) >= 11 is 0. The average Bonchev–Trinajstić information content (AvgIpc) is 3.33. The van der Waals surface area contributed by atoms with Crippen molar-refractivity contribution in [3.8, 4) is 5.75 Å². The SMILES string of the molecule is CCC1CN(Cc2cc(C(CCc3cn(CC)nn3)CC(=O)O)ccc2C(F)(F)F)S(O)(O)c2ccccc2O1. The molecule has 4 rings (SSSR count). The monoisotopic (exact) mass is 582 g/mol. The standard InChI is InChI=1S/C27H33F3N4O5S/c1-3-22-17-34(40(37,38)25-8-6-5-7-24(25)39-22)15-20-13-18(10-12-23(20)27(28,29)30)19(14-26(35)36)9-11-21-16-33(4-2)32-31-21/h5-8,10,12-13,16,19,22,37-38H,3-4,9,11,14-15,17H2,1-2H3,(H,35,36). The fourth-order valence-electron chi connectivity index (χ4n) is 4.82. The summed E-state index contributed by atoms with van der Waals surface area (Å²) < 4.78 is 73.8. The summed E-state index contributed by atoms with van der Waals surface area (Å²) in [7, 11) is -3.69. The van der Waals surface area contributed by atoms with Crippen LogP contribution >= 0.6 is 10.8 Å². The van der Waals surface area contributed by atoms with E-state index in [9.17, 15) is 32.2 Å². The Morgan fingerprint density at radius 3 is 2.60 bits per heavy atom. The van der Waals surface area contributed by atoms with E-state index < -0.39 is 47.1 Å². The van der Waals surface area contributed by atoms with Gasteiger partial charge in [0.15, 0.2) is 0 Å². The molecule has 13 heteroatoms. The predicted octanol–water partition coefficient (Wildman–Crippen LogP) is 6.21. The first-order chi connectivity index (χ1) is 18.9. The minimum absolute atomic E-state index is 0.0132.